The monoisotopic (exact) mass is 430 g/mol. The molecule has 160 valence electrons. The van der Waals surface area contributed by atoms with Crippen LogP contribution in [-0.4, -0.2) is 31.0 Å². The van der Waals surface area contributed by atoms with Gasteiger partial charge in [0, 0.05) is 5.69 Å². The van der Waals surface area contributed by atoms with E-state index >= 15 is 0 Å². The molecule has 2 aromatic carbocycles. The van der Waals surface area contributed by atoms with Crippen molar-refractivity contribution in [3.05, 3.63) is 89.1 Å². The average Bonchev–Trinajstić information content (AvgIpc) is 3.46. The summed E-state index contributed by atoms with van der Waals surface area (Å²) in [7, 11) is 2.97. The molecule has 0 fully saturated rings. The van der Waals surface area contributed by atoms with Crippen molar-refractivity contribution < 1.29 is 28.6 Å². The number of anilines is 1. The Morgan fingerprint density at radius 3 is 2.41 bits per heavy atom. The summed E-state index contributed by atoms with van der Waals surface area (Å²) in [6, 6.07) is 15.3. The molecule has 1 aromatic heterocycles. The van der Waals surface area contributed by atoms with Crippen LogP contribution in [0.5, 0.6) is 11.5 Å². The van der Waals surface area contributed by atoms with Gasteiger partial charge in [-0.3, -0.25) is 14.5 Å². The maximum atomic E-state index is 13.2. The summed E-state index contributed by atoms with van der Waals surface area (Å²) in [4.78, 5) is 27.6. The summed E-state index contributed by atoms with van der Waals surface area (Å²) >= 11 is 0. The van der Waals surface area contributed by atoms with Crippen LogP contribution in [0, 0.1) is 11.3 Å². The number of methoxy groups -OCH3 is 2. The number of benzene rings is 2. The molecule has 8 nitrogen and oxygen atoms in total. The Bertz CT molecular complexity index is 1250. The van der Waals surface area contributed by atoms with Crippen LogP contribution < -0.4 is 14.4 Å². The maximum absolute atomic E-state index is 13.2. The minimum Gasteiger partial charge on any atom is -0.503 e. The van der Waals surface area contributed by atoms with Crippen molar-refractivity contribution >= 4 is 17.4 Å². The summed E-state index contributed by atoms with van der Waals surface area (Å²) in [5, 5.41) is 19.8. The molecule has 0 aliphatic carbocycles. The van der Waals surface area contributed by atoms with Gasteiger partial charge in [-0.2, -0.15) is 5.26 Å². The van der Waals surface area contributed by atoms with E-state index in [4.69, 9.17) is 19.2 Å². The predicted octanol–water partition coefficient (Wildman–Crippen LogP) is 3.95. The van der Waals surface area contributed by atoms with Crippen LogP contribution in [0.15, 0.2) is 76.6 Å². The van der Waals surface area contributed by atoms with Gasteiger partial charge in [-0.05, 0) is 54.1 Å². The lowest BCUT2D eigenvalue weighted by Gasteiger charge is -2.27. The molecular weight excluding hydrogens is 412 g/mol. The normalized spacial score (nSPS) is 15.6. The molecule has 4 rings (SSSR count). The van der Waals surface area contributed by atoms with Gasteiger partial charge < -0.3 is 19.0 Å². The fourth-order valence-corrected chi connectivity index (χ4v) is 3.68. The smallest absolute Gasteiger partial charge is 0.294 e. The number of hydrogen-bond donors (Lipinski definition) is 1. The summed E-state index contributed by atoms with van der Waals surface area (Å²) in [6.45, 7) is 0. The van der Waals surface area contributed by atoms with Gasteiger partial charge >= 0.3 is 0 Å². The molecule has 1 atom stereocenters. The Kier molecular flexibility index (Phi) is 5.39. The Hall–Kier alpha value is -4.51. The molecule has 1 aliphatic rings. The SMILES string of the molecule is COc1ccc(C2C(C(=O)c3ccco3)=C(O)C(=O)N2c2ccc(C#N)cc2)cc1OC. The van der Waals surface area contributed by atoms with Gasteiger partial charge in [0.05, 0.1) is 43.7 Å². The molecule has 2 heterocycles. The van der Waals surface area contributed by atoms with Crippen LogP contribution in [0.4, 0.5) is 5.69 Å². The number of furan rings is 1. The molecule has 1 N–H and O–H groups in total. The van der Waals surface area contributed by atoms with Crippen molar-refractivity contribution in [1.29, 1.82) is 5.26 Å². The van der Waals surface area contributed by atoms with Gasteiger partial charge in [0.2, 0.25) is 5.78 Å². The first-order chi connectivity index (χ1) is 15.5. The van der Waals surface area contributed by atoms with Crippen molar-refractivity contribution in [2.45, 2.75) is 6.04 Å². The number of carbonyl (C=O) groups is 2. The zero-order valence-electron chi connectivity index (χ0n) is 17.2. The average molecular weight is 430 g/mol. The quantitative estimate of drug-likeness (QED) is 0.589. The van der Waals surface area contributed by atoms with E-state index in [1.54, 1.807) is 48.5 Å². The number of hydrogen-bond acceptors (Lipinski definition) is 7. The molecule has 3 aromatic rings. The molecule has 1 unspecified atom stereocenters. The Labute approximate surface area is 183 Å². The molecule has 0 spiro atoms. The molecule has 32 heavy (non-hydrogen) atoms. The number of carbonyl (C=O) groups excluding carboxylic acids is 2. The van der Waals surface area contributed by atoms with E-state index < -0.39 is 23.5 Å². The van der Waals surface area contributed by atoms with Crippen LogP contribution in [0.1, 0.15) is 27.7 Å². The number of ether oxygens (including phenoxy) is 2. The third-order valence-electron chi connectivity index (χ3n) is 5.20. The van der Waals surface area contributed by atoms with Crippen molar-refractivity contribution in [1.82, 2.24) is 0 Å². The standard InChI is InChI=1S/C24H18N2O6/c1-30-17-10-7-15(12-19(17)31-2)21-20(22(27)18-4-3-11-32-18)23(28)24(29)26(21)16-8-5-14(13-25)6-9-16/h3-12,21,28H,1-2H3. The summed E-state index contributed by atoms with van der Waals surface area (Å²) in [5.74, 6) is -1.17. The van der Waals surface area contributed by atoms with E-state index in [0.29, 0.717) is 28.3 Å². The van der Waals surface area contributed by atoms with Crippen LogP contribution in [0.3, 0.4) is 0 Å². The third-order valence-corrected chi connectivity index (χ3v) is 5.20. The first-order valence-electron chi connectivity index (χ1n) is 9.57. The lowest BCUT2D eigenvalue weighted by atomic mass is 9.94. The highest BCUT2D eigenvalue weighted by atomic mass is 16.5. The number of ketones is 1. The van der Waals surface area contributed by atoms with E-state index in [0.717, 1.165) is 0 Å². The Balaban J connectivity index is 1.89. The Morgan fingerprint density at radius 2 is 1.81 bits per heavy atom. The van der Waals surface area contributed by atoms with Gasteiger partial charge in [0.25, 0.3) is 5.91 Å². The largest absolute Gasteiger partial charge is 0.503 e. The molecule has 8 heteroatoms. The zero-order chi connectivity index (χ0) is 22.8. The second-order valence-corrected chi connectivity index (χ2v) is 6.92. The van der Waals surface area contributed by atoms with E-state index in [-0.39, 0.29) is 11.3 Å². The van der Waals surface area contributed by atoms with Gasteiger partial charge in [-0.1, -0.05) is 6.07 Å². The van der Waals surface area contributed by atoms with Gasteiger partial charge in [-0.25, -0.2) is 0 Å². The lowest BCUT2D eigenvalue weighted by Crippen LogP contribution is -2.31. The van der Waals surface area contributed by atoms with Crippen molar-refractivity contribution in [2.24, 2.45) is 0 Å². The second kappa shape index (κ2) is 8.32. The predicted molar refractivity (Wildman–Crippen MR) is 114 cm³/mol. The molecule has 1 amide bonds. The summed E-state index contributed by atoms with van der Waals surface area (Å²) in [5.41, 5.74) is 1.20. The van der Waals surface area contributed by atoms with E-state index in [2.05, 4.69) is 0 Å². The van der Waals surface area contributed by atoms with Crippen LogP contribution in [0.25, 0.3) is 0 Å². The van der Waals surface area contributed by atoms with E-state index in [9.17, 15) is 14.7 Å². The highest BCUT2D eigenvalue weighted by Gasteiger charge is 2.45. The molecule has 0 radical (unpaired) electrons. The number of Topliss-reactive ketones (excluding diaryl/α,β-unsaturated/α-hetero) is 1. The number of rotatable bonds is 6. The zero-order valence-corrected chi connectivity index (χ0v) is 17.2. The molecule has 0 saturated heterocycles. The van der Waals surface area contributed by atoms with Crippen molar-refractivity contribution in [3.63, 3.8) is 0 Å². The van der Waals surface area contributed by atoms with Crippen molar-refractivity contribution in [3.8, 4) is 17.6 Å². The minimum atomic E-state index is -0.965. The summed E-state index contributed by atoms with van der Waals surface area (Å²) in [6.07, 6.45) is 1.34. The Morgan fingerprint density at radius 1 is 1.09 bits per heavy atom. The molecule has 0 saturated carbocycles. The number of nitriles is 1. The number of amides is 1. The first kappa shape index (κ1) is 20.8. The minimum absolute atomic E-state index is 0.00787. The molecular formula is C24H18N2O6. The maximum Gasteiger partial charge on any atom is 0.294 e. The van der Waals surface area contributed by atoms with Gasteiger partial charge in [0.1, 0.15) is 0 Å². The van der Waals surface area contributed by atoms with Crippen molar-refractivity contribution in [2.75, 3.05) is 19.1 Å². The third kappa shape index (κ3) is 3.36. The highest BCUT2D eigenvalue weighted by molar-refractivity contribution is 6.20. The fourth-order valence-electron chi connectivity index (χ4n) is 3.68. The topological polar surface area (TPSA) is 113 Å². The second-order valence-electron chi connectivity index (χ2n) is 6.92. The van der Waals surface area contributed by atoms with Gasteiger partial charge in [-0.15, -0.1) is 0 Å². The fraction of sp³-hybridized carbons (Fsp3) is 0.125. The van der Waals surface area contributed by atoms with Crippen LogP contribution in [0.2, 0.25) is 0 Å². The lowest BCUT2D eigenvalue weighted by molar-refractivity contribution is -0.117. The first-order valence-corrected chi connectivity index (χ1v) is 9.57. The molecule has 0 bridgehead atoms. The van der Waals surface area contributed by atoms with Crippen LogP contribution >= 0.6 is 0 Å². The summed E-state index contributed by atoms with van der Waals surface area (Å²) < 4.78 is 15.9. The van der Waals surface area contributed by atoms with Crippen LogP contribution in [-0.2, 0) is 4.79 Å². The van der Waals surface area contributed by atoms with Gasteiger partial charge in [0.15, 0.2) is 23.0 Å². The number of nitrogens with zero attached hydrogens (tertiary/aromatic N) is 2. The van der Waals surface area contributed by atoms with E-state index in [1.165, 1.54) is 31.4 Å². The number of aliphatic hydroxyl groups excluding tert-OH is 1. The molecule has 1 aliphatic heterocycles. The highest BCUT2D eigenvalue weighted by Crippen LogP contribution is 2.43. The van der Waals surface area contributed by atoms with E-state index in [1.807, 2.05) is 6.07 Å². The number of aliphatic hydroxyl groups is 1.